The third-order valence-electron chi connectivity index (χ3n) is 3.03. The first kappa shape index (κ1) is 12.1. The van der Waals surface area contributed by atoms with Gasteiger partial charge in [0.15, 0.2) is 0 Å². The number of rotatable bonds is 2. The van der Waals surface area contributed by atoms with Crippen molar-refractivity contribution in [2.24, 2.45) is 4.99 Å². The molecule has 0 N–H and O–H groups in total. The van der Waals surface area contributed by atoms with Gasteiger partial charge in [-0.05, 0) is 29.9 Å². The minimum atomic E-state index is 0.909. The largest absolute Gasteiger partial charge is 0.293 e. The first-order chi connectivity index (χ1) is 9.35. The molecule has 19 heavy (non-hydrogen) atoms. The SMILES string of the molecule is CN=C1C=CC(C=Cc2nc3ccccc3s2)=CC1. The number of para-hydroxylation sites is 1. The van der Waals surface area contributed by atoms with E-state index in [-0.39, 0.29) is 0 Å². The molecule has 0 radical (unpaired) electrons. The third-order valence-corrected chi connectivity index (χ3v) is 4.03. The van der Waals surface area contributed by atoms with Gasteiger partial charge in [0.1, 0.15) is 5.01 Å². The van der Waals surface area contributed by atoms with Crippen LogP contribution in [0.4, 0.5) is 0 Å². The van der Waals surface area contributed by atoms with Crippen LogP contribution in [0.3, 0.4) is 0 Å². The number of benzene rings is 1. The normalized spacial score (nSPS) is 17.5. The van der Waals surface area contributed by atoms with Crippen LogP contribution in [0.25, 0.3) is 16.3 Å². The fraction of sp³-hybridized carbons (Fsp3) is 0.125. The van der Waals surface area contributed by atoms with E-state index in [1.165, 1.54) is 10.3 Å². The van der Waals surface area contributed by atoms with Gasteiger partial charge in [0.2, 0.25) is 0 Å². The lowest BCUT2D eigenvalue weighted by atomic mass is 10.1. The Morgan fingerprint density at radius 1 is 1.21 bits per heavy atom. The van der Waals surface area contributed by atoms with Crippen LogP contribution in [0.15, 0.2) is 59.1 Å². The highest BCUT2D eigenvalue weighted by Gasteiger charge is 2.01. The van der Waals surface area contributed by atoms with Gasteiger partial charge in [-0.1, -0.05) is 30.4 Å². The minimum absolute atomic E-state index is 0.909. The van der Waals surface area contributed by atoms with E-state index in [0.717, 1.165) is 22.7 Å². The number of nitrogens with zero attached hydrogens (tertiary/aromatic N) is 2. The molecule has 1 aliphatic rings. The van der Waals surface area contributed by atoms with Gasteiger partial charge in [0, 0.05) is 19.2 Å². The van der Waals surface area contributed by atoms with Crippen molar-refractivity contribution in [3.05, 3.63) is 59.2 Å². The van der Waals surface area contributed by atoms with Gasteiger partial charge in [-0.25, -0.2) is 4.98 Å². The predicted molar refractivity (Wildman–Crippen MR) is 83.9 cm³/mol. The molecule has 0 spiro atoms. The molecule has 0 amide bonds. The van der Waals surface area contributed by atoms with Gasteiger partial charge >= 0.3 is 0 Å². The molecule has 0 saturated heterocycles. The zero-order chi connectivity index (χ0) is 13.1. The van der Waals surface area contributed by atoms with Crippen LogP contribution in [-0.2, 0) is 0 Å². The van der Waals surface area contributed by atoms with E-state index in [4.69, 9.17) is 0 Å². The first-order valence-electron chi connectivity index (χ1n) is 6.23. The Labute approximate surface area is 116 Å². The highest BCUT2D eigenvalue weighted by molar-refractivity contribution is 7.19. The van der Waals surface area contributed by atoms with Crippen molar-refractivity contribution in [3.63, 3.8) is 0 Å². The van der Waals surface area contributed by atoms with Gasteiger partial charge in [-0.15, -0.1) is 11.3 Å². The van der Waals surface area contributed by atoms with Crippen LogP contribution in [0.2, 0.25) is 0 Å². The van der Waals surface area contributed by atoms with Crippen molar-refractivity contribution in [1.82, 2.24) is 4.98 Å². The molecular weight excluding hydrogens is 252 g/mol. The van der Waals surface area contributed by atoms with Crippen molar-refractivity contribution in [1.29, 1.82) is 0 Å². The van der Waals surface area contributed by atoms with E-state index in [1.807, 2.05) is 25.2 Å². The molecule has 3 heteroatoms. The van der Waals surface area contributed by atoms with Crippen molar-refractivity contribution in [3.8, 4) is 0 Å². The number of fused-ring (bicyclic) bond motifs is 1. The third kappa shape index (κ3) is 2.71. The number of hydrogen-bond acceptors (Lipinski definition) is 3. The molecule has 1 heterocycles. The van der Waals surface area contributed by atoms with Gasteiger partial charge in [-0.2, -0.15) is 0 Å². The molecule has 94 valence electrons. The standard InChI is InChI=1S/C16H14N2S/c1-17-13-9-6-12(7-10-13)8-11-16-18-14-4-2-3-5-15(14)19-16/h2-9,11H,10H2,1H3. The highest BCUT2D eigenvalue weighted by atomic mass is 32.1. The summed E-state index contributed by atoms with van der Waals surface area (Å²) < 4.78 is 1.23. The van der Waals surface area contributed by atoms with Gasteiger partial charge < -0.3 is 0 Å². The summed E-state index contributed by atoms with van der Waals surface area (Å²) in [6.45, 7) is 0. The van der Waals surface area contributed by atoms with E-state index in [9.17, 15) is 0 Å². The van der Waals surface area contributed by atoms with E-state index < -0.39 is 0 Å². The lowest BCUT2D eigenvalue weighted by Gasteiger charge is -2.03. The molecule has 2 aromatic rings. The molecule has 2 nitrogen and oxygen atoms in total. The predicted octanol–water partition coefficient (Wildman–Crippen LogP) is 4.27. The van der Waals surface area contributed by atoms with Crippen LogP contribution in [-0.4, -0.2) is 17.7 Å². The molecule has 1 aromatic carbocycles. The summed E-state index contributed by atoms with van der Waals surface area (Å²) in [5.41, 5.74) is 3.41. The van der Waals surface area contributed by atoms with E-state index in [1.54, 1.807) is 11.3 Å². The summed E-state index contributed by atoms with van der Waals surface area (Å²) in [5, 5.41) is 1.05. The zero-order valence-electron chi connectivity index (χ0n) is 10.7. The van der Waals surface area contributed by atoms with Crippen molar-refractivity contribution in [2.75, 3.05) is 7.05 Å². The Morgan fingerprint density at radius 3 is 2.84 bits per heavy atom. The van der Waals surface area contributed by atoms with E-state index in [2.05, 4.69) is 46.4 Å². The summed E-state index contributed by atoms with van der Waals surface area (Å²) >= 11 is 1.72. The fourth-order valence-electron chi connectivity index (χ4n) is 1.97. The monoisotopic (exact) mass is 266 g/mol. The molecule has 0 fully saturated rings. The second kappa shape index (κ2) is 5.33. The number of aromatic nitrogens is 1. The molecular formula is C16H14N2S. The number of thiazole rings is 1. The van der Waals surface area contributed by atoms with Crippen LogP contribution in [0.5, 0.6) is 0 Å². The quantitative estimate of drug-likeness (QED) is 0.797. The molecule has 0 unspecified atom stereocenters. The zero-order valence-corrected chi connectivity index (χ0v) is 11.5. The second-order valence-electron chi connectivity index (χ2n) is 4.31. The Hall–Kier alpha value is -2.00. The molecule has 0 aliphatic heterocycles. The second-order valence-corrected chi connectivity index (χ2v) is 5.37. The first-order valence-corrected chi connectivity index (χ1v) is 7.04. The number of hydrogen-bond donors (Lipinski definition) is 0. The van der Waals surface area contributed by atoms with Crippen LogP contribution in [0.1, 0.15) is 11.4 Å². The van der Waals surface area contributed by atoms with Crippen LogP contribution >= 0.6 is 11.3 Å². The van der Waals surface area contributed by atoms with Gasteiger partial charge in [0.05, 0.1) is 10.2 Å². The molecule has 0 saturated carbocycles. The molecule has 0 atom stereocenters. The Morgan fingerprint density at radius 2 is 2.11 bits per heavy atom. The van der Waals surface area contributed by atoms with Gasteiger partial charge in [-0.3, -0.25) is 4.99 Å². The van der Waals surface area contributed by atoms with Crippen LogP contribution < -0.4 is 0 Å². The summed E-state index contributed by atoms with van der Waals surface area (Å²) in [5.74, 6) is 0. The maximum atomic E-state index is 4.58. The Bertz CT molecular complexity index is 684. The van der Waals surface area contributed by atoms with E-state index in [0.29, 0.717) is 0 Å². The fourth-order valence-corrected chi connectivity index (χ4v) is 2.84. The summed E-state index contributed by atoms with van der Waals surface area (Å²) in [6.07, 6.45) is 11.4. The van der Waals surface area contributed by atoms with Gasteiger partial charge in [0.25, 0.3) is 0 Å². The molecule has 3 rings (SSSR count). The van der Waals surface area contributed by atoms with Crippen LogP contribution in [0, 0.1) is 0 Å². The van der Waals surface area contributed by atoms with Crippen molar-refractivity contribution < 1.29 is 0 Å². The topological polar surface area (TPSA) is 25.2 Å². The smallest absolute Gasteiger partial charge is 0.117 e. The lowest BCUT2D eigenvalue weighted by molar-refractivity contribution is 1.33. The molecule has 0 bridgehead atoms. The summed E-state index contributed by atoms with van der Waals surface area (Å²) in [7, 11) is 1.83. The summed E-state index contributed by atoms with van der Waals surface area (Å²) in [4.78, 5) is 8.76. The number of allylic oxidation sites excluding steroid dienone is 5. The number of aliphatic imine (C=N–C) groups is 1. The molecule has 1 aromatic heterocycles. The molecule has 1 aliphatic carbocycles. The minimum Gasteiger partial charge on any atom is -0.293 e. The Balaban J connectivity index is 1.80. The van der Waals surface area contributed by atoms with Crippen molar-refractivity contribution >= 4 is 33.3 Å². The van der Waals surface area contributed by atoms with E-state index >= 15 is 0 Å². The average molecular weight is 266 g/mol. The van der Waals surface area contributed by atoms with Crippen molar-refractivity contribution in [2.45, 2.75) is 6.42 Å². The maximum Gasteiger partial charge on any atom is 0.117 e. The highest BCUT2D eigenvalue weighted by Crippen LogP contribution is 2.23. The average Bonchev–Trinajstić information content (AvgIpc) is 2.88. The Kier molecular flexibility index (Phi) is 3.38. The summed E-state index contributed by atoms with van der Waals surface area (Å²) in [6, 6.07) is 8.22. The maximum absolute atomic E-state index is 4.58. The lowest BCUT2D eigenvalue weighted by Crippen LogP contribution is -1.95.